The molecule has 1 heterocycles. The number of fused-ring (bicyclic) bond motifs is 1. The van der Waals surface area contributed by atoms with Gasteiger partial charge in [-0.3, -0.25) is 10.1 Å². The minimum Gasteiger partial charge on any atom is -0.326 e. The molecule has 0 unspecified atom stereocenters. The van der Waals surface area contributed by atoms with Crippen LogP contribution in [-0.2, 0) is 6.18 Å². The average Bonchev–Trinajstić information content (AvgIpc) is 3.13. The third-order valence-corrected chi connectivity index (χ3v) is 5.09. The quantitative estimate of drug-likeness (QED) is 0.223. The summed E-state index contributed by atoms with van der Waals surface area (Å²) in [6, 6.07) is 16.0. The number of para-hydroxylation sites is 1. The molecular weight excluding hydrogens is 503 g/mol. The van der Waals surface area contributed by atoms with Gasteiger partial charge in [-0.25, -0.2) is 9.79 Å². The molecule has 7 nitrogen and oxygen atoms in total. The van der Waals surface area contributed by atoms with Gasteiger partial charge in [0.2, 0.25) is 5.96 Å². The molecule has 0 radical (unpaired) electrons. The minimum atomic E-state index is -4.63. The number of aromatic nitrogens is 2. The first-order chi connectivity index (χ1) is 15.7. The van der Waals surface area contributed by atoms with E-state index >= 15 is 0 Å². The molecule has 168 valence electrons. The highest BCUT2D eigenvalue weighted by atomic mass is 79.9. The van der Waals surface area contributed by atoms with Crippen LogP contribution in [-0.4, -0.2) is 21.8 Å². The molecule has 1 amide bonds. The SMILES string of the molecule is O=C(NC(=Nc1ccccc1C(F)(F)F)Nc1ccc2[nH]c(=O)[nH]c2c1)c1ccc(Br)cc1. The van der Waals surface area contributed by atoms with Gasteiger partial charge in [0.15, 0.2) is 0 Å². The van der Waals surface area contributed by atoms with Crippen molar-refractivity contribution >= 4 is 50.2 Å². The number of alkyl halides is 3. The lowest BCUT2D eigenvalue weighted by Gasteiger charge is -2.14. The number of carbonyl (C=O) groups is 1. The van der Waals surface area contributed by atoms with E-state index in [1.807, 2.05) is 0 Å². The van der Waals surface area contributed by atoms with Crippen molar-refractivity contribution in [2.45, 2.75) is 6.18 Å². The third kappa shape index (κ3) is 5.32. The summed E-state index contributed by atoms with van der Waals surface area (Å²) in [6.07, 6.45) is -4.63. The number of aliphatic imine (C=N–C) groups is 1. The summed E-state index contributed by atoms with van der Waals surface area (Å²) in [4.78, 5) is 33.5. The zero-order valence-corrected chi connectivity index (χ0v) is 18.2. The molecule has 0 saturated carbocycles. The fourth-order valence-corrected chi connectivity index (χ4v) is 3.31. The Bertz CT molecular complexity index is 1410. The molecule has 0 aliphatic carbocycles. The van der Waals surface area contributed by atoms with Gasteiger partial charge in [-0.15, -0.1) is 0 Å². The fourth-order valence-electron chi connectivity index (χ4n) is 3.05. The Morgan fingerprint density at radius 3 is 2.36 bits per heavy atom. The second-order valence-electron chi connectivity index (χ2n) is 6.90. The molecule has 3 aromatic carbocycles. The van der Waals surface area contributed by atoms with Crippen LogP contribution in [0.5, 0.6) is 0 Å². The van der Waals surface area contributed by atoms with Gasteiger partial charge in [0, 0.05) is 15.7 Å². The van der Waals surface area contributed by atoms with Crippen molar-refractivity contribution in [1.29, 1.82) is 0 Å². The summed E-state index contributed by atoms with van der Waals surface area (Å²) in [6.45, 7) is 0. The van der Waals surface area contributed by atoms with Gasteiger partial charge in [0.1, 0.15) is 0 Å². The minimum absolute atomic E-state index is 0.225. The van der Waals surface area contributed by atoms with Crippen molar-refractivity contribution in [3.8, 4) is 0 Å². The molecule has 0 spiro atoms. The first-order valence-corrected chi connectivity index (χ1v) is 10.3. The number of guanidine groups is 1. The van der Waals surface area contributed by atoms with Gasteiger partial charge < -0.3 is 15.3 Å². The lowest BCUT2D eigenvalue weighted by molar-refractivity contribution is -0.137. The summed E-state index contributed by atoms with van der Waals surface area (Å²) >= 11 is 3.28. The van der Waals surface area contributed by atoms with Crippen LogP contribution in [0.1, 0.15) is 15.9 Å². The van der Waals surface area contributed by atoms with Crippen molar-refractivity contribution in [1.82, 2.24) is 15.3 Å². The number of carbonyl (C=O) groups excluding carboxylic acids is 1. The Kier molecular flexibility index (Phi) is 6.05. The molecule has 33 heavy (non-hydrogen) atoms. The normalized spacial score (nSPS) is 12.1. The van der Waals surface area contributed by atoms with E-state index in [1.165, 1.54) is 18.2 Å². The van der Waals surface area contributed by atoms with Gasteiger partial charge in [-0.1, -0.05) is 28.1 Å². The molecule has 4 rings (SSSR count). The summed E-state index contributed by atoms with van der Waals surface area (Å²) < 4.78 is 41.1. The van der Waals surface area contributed by atoms with E-state index < -0.39 is 23.3 Å². The molecule has 4 N–H and O–H groups in total. The van der Waals surface area contributed by atoms with Gasteiger partial charge >= 0.3 is 11.9 Å². The summed E-state index contributed by atoms with van der Waals surface area (Å²) in [5.74, 6) is -0.800. The van der Waals surface area contributed by atoms with Crippen molar-refractivity contribution in [2.75, 3.05) is 5.32 Å². The monoisotopic (exact) mass is 517 g/mol. The second kappa shape index (κ2) is 8.94. The summed E-state index contributed by atoms with van der Waals surface area (Å²) in [5, 5.41) is 5.34. The predicted molar refractivity (Wildman–Crippen MR) is 123 cm³/mol. The van der Waals surface area contributed by atoms with Gasteiger partial charge in [-0.05, 0) is 54.6 Å². The molecule has 0 atom stereocenters. The maximum absolute atomic E-state index is 13.4. The van der Waals surface area contributed by atoms with Crippen LogP contribution in [0.3, 0.4) is 0 Å². The molecule has 0 fully saturated rings. The van der Waals surface area contributed by atoms with Crippen LogP contribution >= 0.6 is 15.9 Å². The number of halogens is 4. The number of anilines is 1. The molecular formula is C22H15BrF3N5O2. The summed E-state index contributed by atoms with van der Waals surface area (Å²) in [7, 11) is 0. The Hall–Kier alpha value is -3.86. The van der Waals surface area contributed by atoms with Crippen molar-refractivity contribution in [2.24, 2.45) is 4.99 Å². The topological polar surface area (TPSA) is 102 Å². The lowest BCUT2D eigenvalue weighted by Crippen LogP contribution is -2.35. The van der Waals surface area contributed by atoms with Crippen LogP contribution in [0.25, 0.3) is 11.0 Å². The van der Waals surface area contributed by atoms with Gasteiger partial charge in [-0.2, -0.15) is 13.2 Å². The largest absolute Gasteiger partial charge is 0.418 e. The van der Waals surface area contributed by atoms with Crippen molar-refractivity contribution in [3.05, 3.63) is 92.8 Å². The molecule has 0 aliphatic rings. The molecule has 0 saturated heterocycles. The maximum Gasteiger partial charge on any atom is 0.418 e. The number of H-pyrrole nitrogens is 2. The van der Waals surface area contributed by atoms with E-state index in [9.17, 15) is 22.8 Å². The summed E-state index contributed by atoms with van der Waals surface area (Å²) in [5.41, 5.74) is -0.0463. The van der Waals surface area contributed by atoms with Gasteiger partial charge in [0.25, 0.3) is 5.91 Å². The van der Waals surface area contributed by atoms with E-state index in [0.29, 0.717) is 16.7 Å². The number of nitrogens with zero attached hydrogens (tertiary/aromatic N) is 1. The number of benzene rings is 3. The first-order valence-electron chi connectivity index (χ1n) is 9.50. The number of hydrogen-bond donors (Lipinski definition) is 4. The van der Waals surface area contributed by atoms with Crippen LogP contribution in [0.15, 0.2) is 81.0 Å². The number of aromatic amines is 2. The highest BCUT2D eigenvalue weighted by Crippen LogP contribution is 2.36. The van der Waals surface area contributed by atoms with Crippen LogP contribution in [0.4, 0.5) is 24.5 Å². The lowest BCUT2D eigenvalue weighted by atomic mass is 10.2. The number of imidazole rings is 1. The van der Waals surface area contributed by atoms with E-state index in [-0.39, 0.29) is 17.2 Å². The Labute approximate surface area is 192 Å². The average molecular weight is 518 g/mol. The predicted octanol–water partition coefficient (Wildman–Crippen LogP) is 5.17. The molecule has 11 heteroatoms. The molecule has 0 aliphatic heterocycles. The standard InChI is InChI=1S/C22H15BrF3N5O2/c23-13-7-5-12(6-8-13)19(32)31-20(28-16-4-2-1-3-15(16)22(24,25)26)27-14-9-10-17-18(11-14)30-21(33)29-17/h1-11H,(H2,29,30,33)(H2,27,28,31,32). The molecule has 4 aromatic rings. The third-order valence-electron chi connectivity index (χ3n) is 4.56. The highest BCUT2D eigenvalue weighted by Gasteiger charge is 2.33. The van der Waals surface area contributed by atoms with Crippen LogP contribution in [0, 0.1) is 0 Å². The number of rotatable bonds is 3. The number of amides is 1. The Balaban J connectivity index is 1.72. The number of nitrogens with one attached hydrogen (secondary N) is 4. The fraction of sp³-hybridized carbons (Fsp3) is 0.0455. The maximum atomic E-state index is 13.4. The highest BCUT2D eigenvalue weighted by molar-refractivity contribution is 9.10. The Morgan fingerprint density at radius 2 is 1.64 bits per heavy atom. The zero-order chi connectivity index (χ0) is 23.6. The molecule has 1 aromatic heterocycles. The molecule has 0 bridgehead atoms. The van der Waals surface area contributed by atoms with E-state index in [0.717, 1.165) is 10.5 Å². The number of hydrogen-bond acceptors (Lipinski definition) is 3. The van der Waals surface area contributed by atoms with Crippen LogP contribution < -0.4 is 16.3 Å². The zero-order valence-electron chi connectivity index (χ0n) is 16.6. The smallest absolute Gasteiger partial charge is 0.326 e. The second-order valence-corrected chi connectivity index (χ2v) is 7.82. The van der Waals surface area contributed by atoms with E-state index in [4.69, 9.17) is 0 Å². The van der Waals surface area contributed by atoms with Crippen molar-refractivity contribution in [3.63, 3.8) is 0 Å². The van der Waals surface area contributed by atoms with Crippen molar-refractivity contribution < 1.29 is 18.0 Å². The van der Waals surface area contributed by atoms with Crippen LogP contribution in [0.2, 0.25) is 0 Å². The van der Waals surface area contributed by atoms with Gasteiger partial charge in [0.05, 0.1) is 22.3 Å². The first kappa shape index (κ1) is 22.3. The Morgan fingerprint density at radius 1 is 0.939 bits per heavy atom. The van der Waals surface area contributed by atoms with E-state index in [1.54, 1.807) is 42.5 Å². The van der Waals surface area contributed by atoms with E-state index in [2.05, 4.69) is 41.5 Å².